The third-order valence-corrected chi connectivity index (χ3v) is 3.80. The van der Waals surface area contributed by atoms with Gasteiger partial charge in [-0.05, 0) is 24.6 Å². The van der Waals surface area contributed by atoms with Crippen LogP contribution in [0.5, 0.6) is 5.75 Å². The minimum Gasteiger partial charge on any atom is -0.491 e. The zero-order chi connectivity index (χ0) is 18.1. The Hall–Kier alpha value is -1.81. The summed E-state index contributed by atoms with van der Waals surface area (Å²) in [4.78, 5) is 4.26. The Labute approximate surface area is 172 Å². The Kier molecular flexibility index (Phi) is 10.0. The summed E-state index contributed by atoms with van der Waals surface area (Å²) in [6.07, 6.45) is 1.78. The van der Waals surface area contributed by atoms with Gasteiger partial charge in [0.15, 0.2) is 5.96 Å². The molecule has 8 heteroatoms. The highest BCUT2D eigenvalue weighted by Crippen LogP contribution is 2.20. The van der Waals surface area contributed by atoms with E-state index in [0.29, 0.717) is 26.3 Å². The maximum Gasteiger partial charge on any atom is 0.191 e. The molecule has 0 spiro atoms. The summed E-state index contributed by atoms with van der Waals surface area (Å²) in [5, 5.41) is 10.8. The van der Waals surface area contributed by atoms with Gasteiger partial charge in [-0.2, -0.15) is 5.10 Å². The lowest BCUT2D eigenvalue weighted by Gasteiger charge is -2.15. The van der Waals surface area contributed by atoms with E-state index >= 15 is 0 Å². The molecular formula is C18H28IN5O2. The lowest BCUT2D eigenvalue weighted by molar-refractivity contribution is 0.145. The average molecular weight is 473 g/mol. The van der Waals surface area contributed by atoms with Gasteiger partial charge in [-0.15, -0.1) is 24.0 Å². The molecule has 0 aliphatic rings. The molecule has 1 aromatic heterocycles. The van der Waals surface area contributed by atoms with Gasteiger partial charge in [0.1, 0.15) is 12.4 Å². The highest BCUT2D eigenvalue weighted by molar-refractivity contribution is 14.0. The molecule has 0 aliphatic heterocycles. The van der Waals surface area contributed by atoms with Crippen LogP contribution in [0.2, 0.25) is 0 Å². The van der Waals surface area contributed by atoms with E-state index in [1.165, 1.54) is 0 Å². The molecule has 7 nitrogen and oxygen atoms in total. The third-order valence-electron chi connectivity index (χ3n) is 3.80. The van der Waals surface area contributed by atoms with Crippen molar-refractivity contribution in [3.8, 4) is 5.75 Å². The number of nitrogens with zero attached hydrogens (tertiary/aromatic N) is 3. The first-order valence-electron chi connectivity index (χ1n) is 8.26. The third kappa shape index (κ3) is 6.83. The highest BCUT2D eigenvalue weighted by atomic mass is 127. The fraction of sp³-hybridized carbons (Fsp3) is 0.444. The van der Waals surface area contributed by atoms with Crippen LogP contribution in [0.15, 0.2) is 35.5 Å². The zero-order valence-electron chi connectivity index (χ0n) is 15.8. The Bertz CT molecular complexity index is 703. The molecule has 2 rings (SSSR count). The maximum atomic E-state index is 5.82. The Balaban J connectivity index is 0.00000338. The Morgan fingerprint density at radius 3 is 2.62 bits per heavy atom. The number of methoxy groups -OCH3 is 1. The number of nitrogens with one attached hydrogen (secondary N) is 2. The second-order valence-electron chi connectivity index (χ2n) is 5.68. The zero-order valence-corrected chi connectivity index (χ0v) is 18.1. The van der Waals surface area contributed by atoms with Crippen molar-refractivity contribution in [2.75, 3.05) is 27.4 Å². The molecule has 26 heavy (non-hydrogen) atoms. The monoisotopic (exact) mass is 473 g/mol. The molecule has 1 heterocycles. The van der Waals surface area contributed by atoms with E-state index in [4.69, 9.17) is 9.47 Å². The number of hydrogen-bond donors (Lipinski definition) is 2. The Morgan fingerprint density at radius 2 is 1.96 bits per heavy atom. The van der Waals surface area contributed by atoms with Gasteiger partial charge in [0.25, 0.3) is 0 Å². The van der Waals surface area contributed by atoms with Crippen LogP contribution in [0.1, 0.15) is 16.8 Å². The predicted octanol–water partition coefficient (Wildman–Crippen LogP) is 2.24. The predicted molar refractivity (Wildman–Crippen MR) is 114 cm³/mol. The van der Waals surface area contributed by atoms with Gasteiger partial charge >= 0.3 is 0 Å². The molecule has 2 N–H and O–H groups in total. The molecule has 0 radical (unpaired) electrons. The Morgan fingerprint density at radius 1 is 1.19 bits per heavy atom. The summed E-state index contributed by atoms with van der Waals surface area (Å²) in [7, 11) is 5.34. The van der Waals surface area contributed by atoms with Gasteiger partial charge < -0.3 is 20.1 Å². The molecular weight excluding hydrogens is 445 g/mol. The van der Waals surface area contributed by atoms with Gasteiger partial charge in [-0.1, -0.05) is 12.1 Å². The number of guanidine groups is 1. The van der Waals surface area contributed by atoms with Crippen LogP contribution in [0.3, 0.4) is 0 Å². The molecule has 2 aromatic rings. The lowest BCUT2D eigenvalue weighted by atomic mass is 10.1. The quantitative estimate of drug-likeness (QED) is 0.266. The number of aryl methyl sites for hydroxylation is 2. The summed E-state index contributed by atoms with van der Waals surface area (Å²) < 4.78 is 12.7. The van der Waals surface area contributed by atoms with Crippen LogP contribution < -0.4 is 15.4 Å². The first-order valence-corrected chi connectivity index (χ1v) is 8.26. The van der Waals surface area contributed by atoms with E-state index in [2.05, 4.69) is 39.8 Å². The molecule has 1 aromatic carbocycles. The van der Waals surface area contributed by atoms with Crippen LogP contribution in [-0.2, 0) is 24.9 Å². The number of ether oxygens (including phenoxy) is 2. The first-order chi connectivity index (χ1) is 12.1. The molecule has 144 valence electrons. The van der Waals surface area contributed by atoms with Crippen molar-refractivity contribution < 1.29 is 9.47 Å². The molecule has 0 unspecified atom stereocenters. The fourth-order valence-corrected chi connectivity index (χ4v) is 2.33. The molecule has 0 amide bonds. The van der Waals surface area contributed by atoms with E-state index in [0.717, 1.165) is 28.5 Å². The van der Waals surface area contributed by atoms with Gasteiger partial charge in [0.05, 0.1) is 18.8 Å². The lowest BCUT2D eigenvalue weighted by Crippen LogP contribution is -2.36. The van der Waals surface area contributed by atoms with Gasteiger partial charge in [-0.3, -0.25) is 9.67 Å². The molecule has 0 saturated carbocycles. The van der Waals surface area contributed by atoms with Gasteiger partial charge in [-0.25, -0.2) is 0 Å². The fourth-order valence-electron chi connectivity index (χ4n) is 2.33. The van der Waals surface area contributed by atoms with Crippen LogP contribution >= 0.6 is 24.0 Å². The summed E-state index contributed by atoms with van der Waals surface area (Å²) in [5.41, 5.74) is 3.32. The van der Waals surface area contributed by atoms with Crippen molar-refractivity contribution in [1.29, 1.82) is 0 Å². The van der Waals surface area contributed by atoms with Crippen molar-refractivity contribution in [3.05, 3.63) is 47.3 Å². The maximum absolute atomic E-state index is 5.82. The summed E-state index contributed by atoms with van der Waals surface area (Å²) in [6.45, 7) is 4.42. The van der Waals surface area contributed by atoms with Crippen molar-refractivity contribution in [3.63, 3.8) is 0 Å². The van der Waals surface area contributed by atoms with Crippen LogP contribution in [0.4, 0.5) is 0 Å². The van der Waals surface area contributed by atoms with Gasteiger partial charge in [0, 0.05) is 39.5 Å². The molecule has 0 aliphatic carbocycles. The number of aromatic nitrogens is 2. The standard InChI is InChI=1S/C18H27N5O2.HI/c1-14-5-6-15(17(11-14)25-10-9-24-4)12-20-18(19-2)21-13-16-7-8-22-23(16)3;/h5-8,11H,9-10,12-13H2,1-4H3,(H2,19,20,21);1H. The van der Waals surface area contributed by atoms with Crippen molar-refractivity contribution in [1.82, 2.24) is 20.4 Å². The van der Waals surface area contributed by atoms with E-state index in [-0.39, 0.29) is 24.0 Å². The van der Waals surface area contributed by atoms with Crippen LogP contribution in [-0.4, -0.2) is 43.1 Å². The smallest absolute Gasteiger partial charge is 0.191 e. The second kappa shape index (κ2) is 11.7. The number of rotatable bonds is 8. The number of benzene rings is 1. The number of aliphatic imine (C=N–C) groups is 1. The van der Waals surface area contributed by atoms with E-state index in [1.807, 2.05) is 23.9 Å². The molecule has 0 saturated heterocycles. The largest absolute Gasteiger partial charge is 0.491 e. The number of hydrogen-bond acceptors (Lipinski definition) is 4. The number of halogens is 1. The van der Waals surface area contributed by atoms with Gasteiger partial charge in [0.2, 0.25) is 0 Å². The minimum absolute atomic E-state index is 0. The molecule has 0 bridgehead atoms. The van der Waals surface area contributed by atoms with E-state index < -0.39 is 0 Å². The van der Waals surface area contributed by atoms with Crippen LogP contribution in [0.25, 0.3) is 0 Å². The summed E-state index contributed by atoms with van der Waals surface area (Å²) in [6, 6.07) is 8.16. The average Bonchev–Trinajstić information content (AvgIpc) is 3.02. The second-order valence-corrected chi connectivity index (χ2v) is 5.68. The molecule has 0 atom stereocenters. The highest BCUT2D eigenvalue weighted by Gasteiger charge is 2.07. The van der Waals surface area contributed by atoms with Crippen molar-refractivity contribution in [2.24, 2.45) is 12.0 Å². The summed E-state index contributed by atoms with van der Waals surface area (Å²) in [5.74, 6) is 1.59. The van der Waals surface area contributed by atoms with E-state index in [1.54, 1.807) is 20.4 Å². The topological polar surface area (TPSA) is 72.7 Å². The minimum atomic E-state index is 0. The summed E-state index contributed by atoms with van der Waals surface area (Å²) >= 11 is 0. The normalized spacial score (nSPS) is 11.0. The molecule has 0 fully saturated rings. The van der Waals surface area contributed by atoms with E-state index in [9.17, 15) is 0 Å². The van der Waals surface area contributed by atoms with Crippen molar-refractivity contribution >= 4 is 29.9 Å². The van der Waals surface area contributed by atoms with Crippen molar-refractivity contribution in [2.45, 2.75) is 20.0 Å². The SMILES string of the molecule is CN=C(NCc1ccc(C)cc1OCCOC)NCc1ccnn1C.I. The first kappa shape index (κ1) is 22.2. The van der Waals surface area contributed by atoms with Crippen LogP contribution in [0, 0.1) is 6.92 Å².